The molecule has 1 amide bonds. The van der Waals surface area contributed by atoms with Gasteiger partial charge in [0, 0.05) is 30.0 Å². The number of carbonyl (C=O) groups excluding carboxylic acids is 1. The highest BCUT2D eigenvalue weighted by Gasteiger charge is 2.20. The molecule has 5 heteroatoms. The van der Waals surface area contributed by atoms with Gasteiger partial charge in [0.05, 0.1) is 12.1 Å². The van der Waals surface area contributed by atoms with E-state index in [1.165, 1.54) is 6.07 Å². The van der Waals surface area contributed by atoms with Crippen molar-refractivity contribution in [2.24, 2.45) is 0 Å². The van der Waals surface area contributed by atoms with Crippen LogP contribution in [0, 0.1) is 5.82 Å². The minimum absolute atomic E-state index is 0.114. The van der Waals surface area contributed by atoms with Crippen LogP contribution in [0.3, 0.4) is 0 Å². The molecule has 0 aliphatic heterocycles. The summed E-state index contributed by atoms with van der Waals surface area (Å²) in [5.74, 6) is -0.766. The van der Waals surface area contributed by atoms with E-state index in [2.05, 4.69) is 11.5 Å². The van der Waals surface area contributed by atoms with E-state index in [0.717, 1.165) is 24.1 Å². The highest BCUT2D eigenvalue weighted by atomic mass is 35.5. The van der Waals surface area contributed by atoms with Crippen molar-refractivity contribution in [2.75, 3.05) is 6.54 Å². The molecule has 0 bridgehead atoms. The quantitative estimate of drug-likeness (QED) is 0.472. The molecule has 0 N–H and O–H groups in total. The van der Waals surface area contributed by atoms with Crippen LogP contribution in [-0.4, -0.2) is 21.9 Å². The molecule has 0 atom stereocenters. The van der Waals surface area contributed by atoms with Crippen molar-refractivity contribution in [3.8, 4) is 0 Å². The first-order valence-corrected chi connectivity index (χ1v) is 9.89. The summed E-state index contributed by atoms with van der Waals surface area (Å²) in [4.78, 5) is 14.7. The molecule has 0 saturated carbocycles. The fourth-order valence-electron chi connectivity index (χ4n) is 3.16. The standard InChI is InChI=1S/C23H24ClFN2O/c1-2-3-14-27(23(28)20-11-5-7-13-22(20)25)17-19-10-8-15-26(19)16-18-9-4-6-12-21(18)24/h4-13,15H,2-3,14,16-17H2,1H3. The number of nitrogens with zero attached hydrogens (tertiary/aromatic N) is 2. The van der Waals surface area contributed by atoms with Gasteiger partial charge in [-0.25, -0.2) is 4.39 Å². The minimum Gasteiger partial charge on any atom is -0.345 e. The number of carbonyl (C=O) groups is 1. The Morgan fingerprint density at radius 2 is 1.82 bits per heavy atom. The Morgan fingerprint density at radius 1 is 1.07 bits per heavy atom. The second kappa shape index (κ2) is 9.56. The number of aromatic nitrogens is 1. The van der Waals surface area contributed by atoms with E-state index < -0.39 is 5.82 Å². The number of halogens is 2. The number of hydrogen-bond acceptors (Lipinski definition) is 1. The van der Waals surface area contributed by atoms with Crippen molar-refractivity contribution >= 4 is 17.5 Å². The molecule has 0 saturated heterocycles. The zero-order chi connectivity index (χ0) is 19.9. The van der Waals surface area contributed by atoms with Gasteiger partial charge in [-0.1, -0.05) is 55.3 Å². The third-order valence-electron chi connectivity index (χ3n) is 4.75. The van der Waals surface area contributed by atoms with Gasteiger partial charge in [-0.05, 0) is 42.3 Å². The van der Waals surface area contributed by atoms with Crippen molar-refractivity contribution in [1.82, 2.24) is 9.47 Å². The third kappa shape index (κ3) is 4.82. The molecule has 0 unspecified atom stereocenters. The summed E-state index contributed by atoms with van der Waals surface area (Å²) < 4.78 is 16.2. The van der Waals surface area contributed by atoms with Gasteiger partial charge in [-0.15, -0.1) is 0 Å². The van der Waals surface area contributed by atoms with Gasteiger partial charge < -0.3 is 9.47 Å². The molecule has 0 fully saturated rings. The fourth-order valence-corrected chi connectivity index (χ4v) is 3.35. The summed E-state index contributed by atoms with van der Waals surface area (Å²) >= 11 is 6.30. The second-order valence-corrected chi connectivity index (χ2v) is 7.19. The van der Waals surface area contributed by atoms with Gasteiger partial charge in [0.25, 0.3) is 5.91 Å². The number of hydrogen-bond donors (Lipinski definition) is 0. The summed E-state index contributed by atoms with van der Waals surface area (Å²) in [7, 11) is 0. The van der Waals surface area contributed by atoms with E-state index in [4.69, 9.17) is 11.6 Å². The molecule has 146 valence electrons. The van der Waals surface area contributed by atoms with Crippen LogP contribution < -0.4 is 0 Å². The van der Waals surface area contributed by atoms with Gasteiger partial charge in [0.2, 0.25) is 0 Å². The lowest BCUT2D eigenvalue weighted by molar-refractivity contribution is 0.0732. The third-order valence-corrected chi connectivity index (χ3v) is 5.12. The average molecular weight is 399 g/mol. The lowest BCUT2D eigenvalue weighted by atomic mass is 10.1. The Hall–Kier alpha value is -2.59. The van der Waals surface area contributed by atoms with Crippen LogP contribution in [0.5, 0.6) is 0 Å². The molecule has 3 aromatic rings. The predicted molar refractivity (Wildman–Crippen MR) is 111 cm³/mol. The summed E-state index contributed by atoms with van der Waals surface area (Å²) in [5.41, 5.74) is 2.12. The fraction of sp³-hybridized carbons (Fsp3) is 0.261. The zero-order valence-electron chi connectivity index (χ0n) is 15.9. The van der Waals surface area contributed by atoms with Gasteiger partial charge >= 0.3 is 0 Å². The normalized spacial score (nSPS) is 10.8. The first-order chi connectivity index (χ1) is 13.6. The van der Waals surface area contributed by atoms with Crippen LogP contribution in [0.1, 0.15) is 41.4 Å². The van der Waals surface area contributed by atoms with Crippen molar-refractivity contribution in [3.05, 3.63) is 94.5 Å². The SMILES string of the molecule is CCCCN(Cc1cccn1Cc1ccccc1Cl)C(=O)c1ccccc1F. The predicted octanol–water partition coefficient (Wildman–Crippen LogP) is 5.77. The van der Waals surface area contributed by atoms with E-state index in [9.17, 15) is 9.18 Å². The van der Waals surface area contributed by atoms with Crippen molar-refractivity contribution in [3.63, 3.8) is 0 Å². The molecule has 2 aromatic carbocycles. The Balaban J connectivity index is 1.82. The summed E-state index contributed by atoms with van der Waals surface area (Å²) in [6, 6.07) is 17.8. The maximum absolute atomic E-state index is 14.1. The van der Waals surface area contributed by atoms with E-state index in [0.29, 0.717) is 24.7 Å². The van der Waals surface area contributed by atoms with Gasteiger partial charge in [0.1, 0.15) is 5.82 Å². The molecular formula is C23H24ClFN2O. The molecule has 0 aliphatic carbocycles. The highest BCUT2D eigenvalue weighted by molar-refractivity contribution is 6.31. The van der Waals surface area contributed by atoms with Crippen LogP contribution in [0.4, 0.5) is 4.39 Å². The van der Waals surface area contributed by atoms with Crippen LogP contribution in [-0.2, 0) is 13.1 Å². The topological polar surface area (TPSA) is 25.2 Å². The summed E-state index contributed by atoms with van der Waals surface area (Å²) in [6.45, 7) is 3.70. The Bertz CT molecular complexity index is 938. The molecule has 0 spiro atoms. The van der Waals surface area contributed by atoms with Crippen LogP contribution in [0.2, 0.25) is 5.02 Å². The minimum atomic E-state index is -0.486. The van der Waals surface area contributed by atoms with Gasteiger partial charge in [-0.3, -0.25) is 4.79 Å². The monoisotopic (exact) mass is 398 g/mol. The maximum atomic E-state index is 14.1. The first kappa shape index (κ1) is 20.2. The maximum Gasteiger partial charge on any atom is 0.257 e. The molecule has 3 rings (SSSR count). The average Bonchev–Trinajstić information content (AvgIpc) is 3.13. The summed E-state index contributed by atoms with van der Waals surface area (Å²) in [6.07, 6.45) is 3.80. The van der Waals surface area contributed by atoms with E-state index in [1.54, 1.807) is 23.1 Å². The Labute approximate surface area is 170 Å². The van der Waals surface area contributed by atoms with Crippen LogP contribution >= 0.6 is 11.6 Å². The second-order valence-electron chi connectivity index (χ2n) is 6.78. The number of amides is 1. The van der Waals surface area contributed by atoms with Crippen LogP contribution in [0.25, 0.3) is 0 Å². The Morgan fingerprint density at radius 3 is 2.57 bits per heavy atom. The number of rotatable bonds is 8. The van der Waals surface area contributed by atoms with Crippen molar-refractivity contribution in [1.29, 1.82) is 0 Å². The lowest BCUT2D eigenvalue weighted by Gasteiger charge is -2.24. The van der Waals surface area contributed by atoms with Crippen molar-refractivity contribution < 1.29 is 9.18 Å². The number of unbranched alkanes of at least 4 members (excludes halogenated alkanes) is 1. The van der Waals surface area contributed by atoms with Crippen LogP contribution in [0.15, 0.2) is 66.9 Å². The van der Waals surface area contributed by atoms with E-state index >= 15 is 0 Å². The van der Waals surface area contributed by atoms with Gasteiger partial charge in [-0.2, -0.15) is 0 Å². The molecule has 1 aromatic heterocycles. The lowest BCUT2D eigenvalue weighted by Crippen LogP contribution is -2.33. The largest absolute Gasteiger partial charge is 0.345 e. The molecular weight excluding hydrogens is 375 g/mol. The van der Waals surface area contributed by atoms with Gasteiger partial charge in [0.15, 0.2) is 0 Å². The van der Waals surface area contributed by atoms with E-state index in [-0.39, 0.29) is 11.5 Å². The Kier molecular flexibility index (Phi) is 6.88. The molecule has 28 heavy (non-hydrogen) atoms. The smallest absolute Gasteiger partial charge is 0.257 e. The van der Waals surface area contributed by atoms with Crippen molar-refractivity contribution in [2.45, 2.75) is 32.9 Å². The summed E-state index contributed by atoms with van der Waals surface area (Å²) in [5, 5.41) is 0.715. The van der Waals surface area contributed by atoms with E-state index in [1.807, 2.05) is 42.6 Å². The first-order valence-electron chi connectivity index (χ1n) is 9.51. The molecule has 1 heterocycles. The molecule has 0 radical (unpaired) electrons. The zero-order valence-corrected chi connectivity index (χ0v) is 16.7. The molecule has 0 aliphatic rings. The molecule has 3 nitrogen and oxygen atoms in total. The highest BCUT2D eigenvalue weighted by Crippen LogP contribution is 2.19. The number of benzene rings is 2.